The number of nitrogens with one attached hydrogen (secondary N) is 4. The third-order valence-electron chi connectivity index (χ3n) is 16.6. The molecule has 31 heteroatoms. The number of rotatable bonds is 34. The van der Waals surface area contributed by atoms with Gasteiger partial charge < -0.3 is 56.2 Å². The van der Waals surface area contributed by atoms with Gasteiger partial charge in [0.1, 0.15) is 23.9 Å². The summed E-state index contributed by atoms with van der Waals surface area (Å²) in [6, 6.07) is 14.2. The van der Waals surface area contributed by atoms with Crippen LogP contribution in [0.1, 0.15) is 79.8 Å². The highest BCUT2D eigenvalue weighted by Crippen LogP contribution is 2.32. The number of amides is 6. The number of hydrogen-bond acceptors (Lipinski definition) is 20. The number of carboxylic acid groups (broad SMARTS) is 3. The number of carboxylic acids is 3. The van der Waals surface area contributed by atoms with Crippen LogP contribution in [0.3, 0.4) is 0 Å². The second kappa shape index (κ2) is 39.9. The van der Waals surface area contributed by atoms with E-state index in [4.69, 9.17) is 4.74 Å². The van der Waals surface area contributed by atoms with Crippen molar-refractivity contribution in [3.63, 3.8) is 0 Å². The average molecular weight is 1360 g/mol. The Kier molecular flexibility index (Phi) is 32.0. The number of benzene rings is 2. The van der Waals surface area contributed by atoms with Crippen LogP contribution in [0.2, 0.25) is 0 Å². The Labute approximate surface area is 562 Å². The number of hydrogen-bond donors (Lipinski definition) is 8. The molecule has 96 heavy (non-hydrogen) atoms. The minimum Gasteiger partial charge on any atom is -0.494 e. The summed E-state index contributed by atoms with van der Waals surface area (Å²) in [7, 11) is 0. The number of halogens is 2. The van der Waals surface area contributed by atoms with Gasteiger partial charge in [-0.05, 0) is 95.2 Å². The lowest BCUT2D eigenvalue weighted by molar-refractivity contribution is -0.141. The number of aliphatic hydroxyl groups excluding tert-OH is 1. The molecule has 4 heterocycles. The SMILES string of the molecule is C/C(=N\CCCCC(NC(=O)CN1CCN(CC(=O)O)CCN(CC(=O)O)CCN(CC(=O)O)CC1)C(=O)NCCSC[C@@H](O)C(=O)N1CCN(CCCCOc2ccc3nccc(C(=O)NCC(=O)N4CC(F)(F)C[C@@H]4C#N)c3c2)CC1)NC(=O)CCCc1ccc(C)cc1. The molecule has 1 aromatic heterocycles. The Bertz CT molecular complexity index is 3140. The number of aliphatic imine (C=N–C) groups is 1. The predicted octanol–water partition coefficient (Wildman–Crippen LogP) is 1.23. The van der Waals surface area contributed by atoms with Crippen LogP contribution >= 0.6 is 11.8 Å². The minimum atomic E-state index is -3.18. The molecular formula is C65H92F2N14O14S. The number of alkyl halides is 2. The number of aliphatic hydroxyl groups is 1. The van der Waals surface area contributed by atoms with E-state index in [1.807, 2.05) is 19.1 Å². The van der Waals surface area contributed by atoms with Gasteiger partial charge in [0, 0.05) is 128 Å². The van der Waals surface area contributed by atoms with Gasteiger partial charge in [0.05, 0.1) is 68.9 Å². The normalized spacial score (nSPS) is 17.9. The first kappa shape index (κ1) is 77.0. The number of likely N-dealkylation sites (tertiary alicyclic amines) is 1. The van der Waals surface area contributed by atoms with Crippen molar-refractivity contribution >= 4 is 81.9 Å². The minimum absolute atomic E-state index is 0.0749. The number of nitriles is 1. The smallest absolute Gasteiger partial charge is 0.317 e. The van der Waals surface area contributed by atoms with Gasteiger partial charge >= 0.3 is 17.9 Å². The van der Waals surface area contributed by atoms with Crippen LogP contribution in [-0.2, 0) is 44.8 Å². The van der Waals surface area contributed by atoms with Crippen LogP contribution in [0.25, 0.3) is 10.9 Å². The molecule has 0 radical (unpaired) electrons. The van der Waals surface area contributed by atoms with E-state index >= 15 is 0 Å². The third kappa shape index (κ3) is 27.6. The number of unbranched alkanes of at least 4 members (excludes halogenated alkanes) is 2. The number of piperazine rings is 1. The summed E-state index contributed by atoms with van der Waals surface area (Å²) in [5, 5.41) is 60.6. The lowest BCUT2D eigenvalue weighted by Gasteiger charge is -2.35. The molecule has 8 N–H and O–H groups in total. The summed E-state index contributed by atoms with van der Waals surface area (Å²) >= 11 is 1.28. The van der Waals surface area contributed by atoms with Crippen molar-refractivity contribution in [2.45, 2.75) is 95.7 Å². The number of aliphatic carboxylic acids is 3. The highest BCUT2D eigenvalue weighted by molar-refractivity contribution is 7.99. The third-order valence-corrected chi connectivity index (χ3v) is 17.7. The first-order valence-corrected chi connectivity index (χ1v) is 33.7. The number of aryl methyl sites for hydroxylation is 2. The average Bonchev–Trinajstić information content (AvgIpc) is 0.924. The number of aromatic nitrogens is 1. The predicted molar refractivity (Wildman–Crippen MR) is 354 cm³/mol. The van der Waals surface area contributed by atoms with Crippen molar-refractivity contribution < 1.29 is 77.1 Å². The Hall–Kier alpha value is -7.99. The van der Waals surface area contributed by atoms with Crippen molar-refractivity contribution in [3.8, 4) is 11.8 Å². The van der Waals surface area contributed by atoms with Gasteiger partial charge in [-0.25, -0.2) is 8.78 Å². The first-order valence-electron chi connectivity index (χ1n) is 32.6. The summed E-state index contributed by atoms with van der Waals surface area (Å²) in [5.74, 6) is -8.01. The summed E-state index contributed by atoms with van der Waals surface area (Å²) in [5.41, 5.74) is 3.01. The van der Waals surface area contributed by atoms with Gasteiger partial charge in [0.25, 0.3) is 17.7 Å². The molecule has 3 aliphatic heterocycles. The largest absolute Gasteiger partial charge is 0.494 e. The zero-order chi connectivity index (χ0) is 69.6. The van der Waals surface area contributed by atoms with Crippen LogP contribution < -0.4 is 26.0 Å². The Morgan fingerprint density at radius 3 is 1.99 bits per heavy atom. The maximum absolute atomic E-state index is 13.9. The van der Waals surface area contributed by atoms with Gasteiger partial charge in [0.2, 0.25) is 23.6 Å². The van der Waals surface area contributed by atoms with Crippen LogP contribution in [-0.4, -0.2) is 299 Å². The molecule has 0 spiro atoms. The fourth-order valence-corrected chi connectivity index (χ4v) is 12.1. The van der Waals surface area contributed by atoms with Crippen molar-refractivity contribution in [3.05, 3.63) is 71.4 Å². The van der Waals surface area contributed by atoms with Crippen LogP contribution in [0.5, 0.6) is 5.75 Å². The van der Waals surface area contributed by atoms with Crippen LogP contribution in [0, 0.1) is 18.3 Å². The molecule has 0 bridgehead atoms. The number of fused-ring (bicyclic) bond motifs is 1. The van der Waals surface area contributed by atoms with Gasteiger partial charge in [-0.1, -0.05) is 29.8 Å². The molecule has 3 aromatic rings. The van der Waals surface area contributed by atoms with E-state index in [2.05, 4.69) is 48.3 Å². The van der Waals surface area contributed by atoms with Crippen molar-refractivity contribution in [2.24, 2.45) is 4.99 Å². The number of nitrogens with zero attached hydrogens (tertiary/aromatic N) is 10. The highest BCUT2D eigenvalue weighted by atomic mass is 32.2. The summed E-state index contributed by atoms with van der Waals surface area (Å²) in [4.78, 5) is 135. The molecule has 1 unspecified atom stereocenters. The van der Waals surface area contributed by atoms with Gasteiger partial charge in [-0.3, -0.25) is 77.6 Å². The second-order valence-electron chi connectivity index (χ2n) is 24.3. The van der Waals surface area contributed by atoms with Crippen molar-refractivity contribution in [1.29, 1.82) is 5.26 Å². The molecule has 3 atom stereocenters. The number of ether oxygens (including phenoxy) is 1. The summed E-state index contributed by atoms with van der Waals surface area (Å²) < 4.78 is 33.8. The highest BCUT2D eigenvalue weighted by Gasteiger charge is 2.47. The maximum atomic E-state index is 13.9. The molecule has 3 fully saturated rings. The Morgan fingerprint density at radius 1 is 0.760 bits per heavy atom. The monoisotopic (exact) mass is 1360 g/mol. The quantitative estimate of drug-likeness (QED) is 0.0237. The molecule has 6 amide bonds. The second-order valence-corrected chi connectivity index (χ2v) is 25.5. The number of carbonyl (C=O) groups excluding carboxylic acids is 6. The molecule has 526 valence electrons. The van der Waals surface area contributed by atoms with E-state index in [-0.39, 0.29) is 109 Å². The topological polar surface area (TPSA) is 364 Å². The molecule has 6 rings (SSSR count). The number of pyridine rings is 1. The van der Waals surface area contributed by atoms with E-state index in [0.29, 0.717) is 99.7 Å². The summed E-state index contributed by atoms with van der Waals surface area (Å²) in [6.45, 7) is 6.28. The molecule has 2 aromatic carbocycles. The molecule has 3 aliphatic rings. The van der Waals surface area contributed by atoms with E-state index in [9.17, 15) is 77.6 Å². The fraction of sp³-hybridized carbons (Fsp3) is 0.600. The van der Waals surface area contributed by atoms with E-state index in [1.54, 1.807) is 55.7 Å². The standard InChI is InChI=1S/C65H92F2N14O14S/c1-46-11-13-48(14-12-46)8-7-10-56(83)73-47(2)69-18-4-3-9-54(74-57(84)40-76-22-24-77(41-59(86)87)26-28-79(43-61(90)91)29-27-78(25-23-76)42-60(88)89)63(93)71-20-35-96-44-55(82)64(94)80-32-30-75(31-33-80)21-5-6-34-95-50-15-16-53-52(36-50)51(17-19-70-53)62(92)72-39-58(85)81-45-65(66,67)37-49(81)38-68/h11-17,19,36,49,54-55,82H,3-10,18,20-35,37,39-45H2,1-2H3,(H,71,93)(H,72,92)(H,74,84)(H,86,87)(H,88,89)(H,90,91)(H,69,73,83)/t49-,54?,55-/m1/s1. The lowest BCUT2D eigenvalue weighted by Crippen LogP contribution is -2.52. The molecule has 28 nitrogen and oxygen atoms in total. The fourth-order valence-electron chi connectivity index (χ4n) is 11.3. The first-order chi connectivity index (χ1) is 45.9. The zero-order valence-electron chi connectivity index (χ0n) is 54.8. The van der Waals surface area contributed by atoms with Gasteiger partial charge in [-0.2, -0.15) is 17.0 Å². The van der Waals surface area contributed by atoms with Gasteiger partial charge in [0.15, 0.2) is 0 Å². The number of amidine groups is 1. The van der Waals surface area contributed by atoms with Crippen molar-refractivity contribution in [1.82, 2.24) is 60.6 Å². The van der Waals surface area contributed by atoms with Crippen LogP contribution in [0.4, 0.5) is 8.78 Å². The van der Waals surface area contributed by atoms with Crippen LogP contribution in [0.15, 0.2) is 59.7 Å². The number of carbonyl (C=O) groups is 9. The van der Waals surface area contributed by atoms with Gasteiger partial charge in [-0.15, -0.1) is 0 Å². The molecule has 0 saturated carbocycles. The van der Waals surface area contributed by atoms with Crippen molar-refractivity contribution in [2.75, 3.05) is 156 Å². The number of thioether (sulfide) groups is 1. The Morgan fingerprint density at radius 2 is 1.38 bits per heavy atom. The van der Waals surface area contributed by atoms with E-state index in [0.717, 1.165) is 35.4 Å². The molecular weight excluding hydrogens is 1270 g/mol. The van der Waals surface area contributed by atoms with E-state index in [1.165, 1.54) is 24.0 Å². The molecule has 0 aliphatic carbocycles. The summed E-state index contributed by atoms with van der Waals surface area (Å²) in [6.07, 6.45) is 3.83. The zero-order valence-corrected chi connectivity index (χ0v) is 55.6. The maximum Gasteiger partial charge on any atom is 0.317 e. The lowest BCUT2D eigenvalue weighted by atomic mass is 10.1. The molecule has 3 saturated heterocycles. The van der Waals surface area contributed by atoms with E-state index < -0.39 is 91.1 Å². The Balaban J connectivity index is 0.933.